The van der Waals surface area contributed by atoms with Crippen LogP contribution in [0.3, 0.4) is 0 Å². The van der Waals surface area contributed by atoms with E-state index in [1.807, 2.05) is 24.3 Å². The fraction of sp³-hybridized carbons (Fsp3) is 0.500. The van der Waals surface area contributed by atoms with Crippen molar-refractivity contribution in [2.45, 2.75) is 24.9 Å². The second-order valence-corrected chi connectivity index (χ2v) is 5.08. The first-order valence-corrected chi connectivity index (χ1v) is 6.50. The molecule has 2 atom stereocenters. The first-order chi connectivity index (χ1) is 9.08. The predicted octanol–water partition coefficient (Wildman–Crippen LogP) is 0.125. The highest BCUT2D eigenvalue weighted by Crippen LogP contribution is 2.15. The summed E-state index contributed by atoms with van der Waals surface area (Å²) in [6.45, 7) is 1.19. The van der Waals surface area contributed by atoms with E-state index < -0.39 is 0 Å². The van der Waals surface area contributed by atoms with Gasteiger partial charge >= 0.3 is 0 Å². The monoisotopic (exact) mass is 263 g/mol. The molecule has 1 aliphatic heterocycles. The molecular formula is C14H21N3O2. The van der Waals surface area contributed by atoms with Crippen molar-refractivity contribution in [1.82, 2.24) is 4.90 Å². The second kappa shape index (κ2) is 6.04. The van der Waals surface area contributed by atoms with E-state index in [1.54, 1.807) is 12.0 Å². The van der Waals surface area contributed by atoms with Gasteiger partial charge in [-0.15, -0.1) is 0 Å². The van der Waals surface area contributed by atoms with Gasteiger partial charge in [0, 0.05) is 25.2 Å². The highest BCUT2D eigenvalue weighted by Gasteiger charge is 2.25. The molecule has 2 rings (SSSR count). The highest BCUT2D eigenvalue weighted by atomic mass is 16.5. The summed E-state index contributed by atoms with van der Waals surface area (Å²) in [5.74, 6) is 0.830. The molecule has 1 heterocycles. The second-order valence-electron chi connectivity index (χ2n) is 5.08. The van der Waals surface area contributed by atoms with E-state index in [2.05, 4.69) is 0 Å². The highest BCUT2D eigenvalue weighted by molar-refractivity contribution is 5.79. The zero-order valence-corrected chi connectivity index (χ0v) is 11.2. The molecule has 0 aromatic heterocycles. The number of amides is 1. The van der Waals surface area contributed by atoms with Crippen LogP contribution in [-0.2, 0) is 11.2 Å². The molecule has 0 saturated carbocycles. The van der Waals surface area contributed by atoms with Gasteiger partial charge in [-0.3, -0.25) is 4.79 Å². The van der Waals surface area contributed by atoms with Gasteiger partial charge in [0.1, 0.15) is 5.75 Å². The standard InChI is InChI=1S/C14H21N3O2/c1-19-13-4-2-3-10(5-13)6-14(18)17-8-11(15)7-12(16)9-17/h2-5,11-12H,6-9,15-16H2,1H3/t11-,12+. The van der Waals surface area contributed by atoms with Crippen molar-refractivity contribution in [1.29, 1.82) is 0 Å². The van der Waals surface area contributed by atoms with Crippen molar-refractivity contribution < 1.29 is 9.53 Å². The van der Waals surface area contributed by atoms with Gasteiger partial charge in [0.15, 0.2) is 0 Å². The molecule has 4 N–H and O–H groups in total. The molecule has 104 valence electrons. The van der Waals surface area contributed by atoms with Crippen LogP contribution >= 0.6 is 0 Å². The number of rotatable bonds is 3. The van der Waals surface area contributed by atoms with Gasteiger partial charge in [0.25, 0.3) is 0 Å². The molecule has 1 aromatic rings. The van der Waals surface area contributed by atoms with E-state index in [-0.39, 0.29) is 18.0 Å². The van der Waals surface area contributed by atoms with Crippen molar-refractivity contribution >= 4 is 5.91 Å². The maximum atomic E-state index is 12.2. The number of nitrogens with zero attached hydrogens (tertiary/aromatic N) is 1. The zero-order chi connectivity index (χ0) is 13.8. The van der Waals surface area contributed by atoms with Crippen molar-refractivity contribution in [3.63, 3.8) is 0 Å². The molecule has 1 fully saturated rings. The van der Waals surface area contributed by atoms with Crippen LogP contribution in [-0.4, -0.2) is 43.1 Å². The van der Waals surface area contributed by atoms with Crippen LogP contribution in [0.15, 0.2) is 24.3 Å². The van der Waals surface area contributed by atoms with E-state index >= 15 is 0 Å². The van der Waals surface area contributed by atoms with Gasteiger partial charge in [-0.05, 0) is 24.1 Å². The lowest BCUT2D eigenvalue weighted by Gasteiger charge is -2.34. The number of benzene rings is 1. The van der Waals surface area contributed by atoms with Crippen molar-refractivity contribution in [2.75, 3.05) is 20.2 Å². The molecule has 1 aromatic carbocycles. The maximum absolute atomic E-state index is 12.2. The Morgan fingerprint density at radius 1 is 1.37 bits per heavy atom. The average molecular weight is 263 g/mol. The Morgan fingerprint density at radius 2 is 2.05 bits per heavy atom. The quantitative estimate of drug-likeness (QED) is 0.812. The number of methoxy groups -OCH3 is 1. The molecule has 0 aliphatic carbocycles. The lowest BCUT2D eigenvalue weighted by molar-refractivity contribution is -0.131. The van der Waals surface area contributed by atoms with E-state index in [0.29, 0.717) is 19.5 Å². The summed E-state index contributed by atoms with van der Waals surface area (Å²) in [5.41, 5.74) is 12.7. The number of hydrogen-bond donors (Lipinski definition) is 2. The molecule has 1 saturated heterocycles. The smallest absolute Gasteiger partial charge is 0.227 e. The first kappa shape index (κ1) is 13.8. The van der Waals surface area contributed by atoms with Crippen LogP contribution in [0.4, 0.5) is 0 Å². The number of hydrogen-bond acceptors (Lipinski definition) is 4. The Kier molecular flexibility index (Phi) is 4.39. The maximum Gasteiger partial charge on any atom is 0.227 e. The fourth-order valence-electron chi connectivity index (χ4n) is 2.45. The molecule has 0 bridgehead atoms. The lowest BCUT2D eigenvalue weighted by atomic mass is 10.0. The van der Waals surface area contributed by atoms with Crippen molar-refractivity contribution in [3.05, 3.63) is 29.8 Å². The van der Waals surface area contributed by atoms with Crippen molar-refractivity contribution in [3.8, 4) is 5.75 Å². The van der Waals surface area contributed by atoms with E-state index in [4.69, 9.17) is 16.2 Å². The van der Waals surface area contributed by atoms with Crippen LogP contribution in [0, 0.1) is 0 Å². The summed E-state index contributed by atoms with van der Waals surface area (Å²) in [5, 5.41) is 0. The average Bonchev–Trinajstić information content (AvgIpc) is 2.37. The summed E-state index contributed by atoms with van der Waals surface area (Å²) >= 11 is 0. The van der Waals surface area contributed by atoms with Crippen molar-refractivity contribution in [2.24, 2.45) is 11.5 Å². The Balaban J connectivity index is 2.00. The molecule has 0 unspecified atom stereocenters. The number of carbonyl (C=O) groups excluding carboxylic acids is 1. The van der Waals surface area contributed by atoms with Gasteiger partial charge in [0.05, 0.1) is 13.5 Å². The molecule has 0 spiro atoms. The minimum Gasteiger partial charge on any atom is -0.497 e. The predicted molar refractivity (Wildman–Crippen MR) is 73.8 cm³/mol. The van der Waals surface area contributed by atoms with E-state index in [1.165, 1.54) is 0 Å². The van der Waals surface area contributed by atoms with Crippen LogP contribution in [0.2, 0.25) is 0 Å². The molecule has 0 radical (unpaired) electrons. The molecule has 5 nitrogen and oxygen atoms in total. The number of ether oxygens (including phenoxy) is 1. The summed E-state index contributed by atoms with van der Waals surface area (Å²) in [6, 6.07) is 7.51. The third kappa shape index (κ3) is 3.68. The molecule has 1 amide bonds. The molecular weight excluding hydrogens is 242 g/mol. The molecule has 5 heteroatoms. The molecule has 19 heavy (non-hydrogen) atoms. The third-order valence-corrected chi connectivity index (χ3v) is 3.36. The normalized spacial score (nSPS) is 23.2. The Hall–Kier alpha value is -1.59. The minimum atomic E-state index is -0.0157. The van der Waals surface area contributed by atoms with E-state index in [0.717, 1.165) is 17.7 Å². The Labute approximate surface area is 113 Å². The summed E-state index contributed by atoms with van der Waals surface area (Å²) < 4.78 is 5.15. The summed E-state index contributed by atoms with van der Waals surface area (Å²) in [6.07, 6.45) is 1.14. The summed E-state index contributed by atoms with van der Waals surface area (Å²) in [7, 11) is 1.61. The Bertz CT molecular complexity index is 440. The van der Waals surface area contributed by atoms with Gasteiger partial charge in [-0.2, -0.15) is 0 Å². The SMILES string of the molecule is COc1cccc(CC(=O)N2C[C@H](N)C[C@H](N)C2)c1. The van der Waals surface area contributed by atoms with Gasteiger partial charge in [0.2, 0.25) is 5.91 Å². The van der Waals surface area contributed by atoms with Gasteiger partial charge in [-0.1, -0.05) is 12.1 Å². The van der Waals surface area contributed by atoms with Gasteiger partial charge < -0.3 is 21.1 Å². The topological polar surface area (TPSA) is 81.6 Å². The Morgan fingerprint density at radius 3 is 2.68 bits per heavy atom. The largest absolute Gasteiger partial charge is 0.497 e. The zero-order valence-electron chi connectivity index (χ0n) is 11.2. The number of piperidine rings is 1. The van der Waals surface area contributed by atoms with Crippen LogP contribution in [0.5, 0.6) is 5.75 Å². The number of likely N-dealkylation sites (tertiary alicyclic amines) is 1. The fourth-order valence-corrected chi connectivity index (χ4v) is 2.45. The van der Waals surface area contributed by atoms with E-state index in [9.17, 15) is 4.79 Å². The summed E-state index contributed by atoms with van der Waals surface area (Å²) in [4.78, 5) is 14.0. The first-order valence-electron chi connectivity index (χ1n) is 6.50. The number of carbonyl (C=O) groups is 1. The van der Waals surface area contributed by atoms with Gasteiger partial charge in [-0.25, -0.2) is 0 Å². The minimum absolute atomic E-state index is 0.0157. The lowest BCUT2D eigenvalue weighted by Crippen LogP contribution is -2.54. The van der Waals surface area contributed by atoms with Crippen LogP contribution in [0.25, 0.3) is 0 Å². The number of nitrogens with two attached hydrogens (primary N) is 2. The van der Waals surface area contributed by atoms with Crippen LogP contribution in [0.1, 0.15) is 12.0 Å². The third-order valence-electron chi connectivity index (χ3n) is 3.36. The van der Waals surface area contributed by atoms with Crippen LogP contribution < -0.4 is 16.2 Å². The molecule has 1 aliphatic rings.